The van der Waals surface area contributed by atoms with E-state index in [1.807, 2.05) is 30.5 Å². The summed E-state index contributed by atoms with van der Waals surface area (Å²) in [6.07, 6.45) is 4.20. The molecule has 4 rings (SSSR count). The van der Waals surface area contributed by atoms with Gasteiger partial charge >= 0.3 is 6.03 Å². The van der Waals surface area contributed by atoms with Crippen LogP contribution in [0.25, 0.3) is 0 Å². The Morgan fingerprint density at radius 3 is 2.52 bits per heavy atom. The number of hydrogen-bond donors (Lipinski definition) is 2. The summed E-state index contributed by atoms with van der Waals surface area (Å²) in [5, 5.41) is 12.8. The first-order valence-corrected chi connectivity index (χ1v) is 10.5. The van der Waals surface area contributed by atoms with E-state index in [1.54, 1.807) is 28.1 Å². The summed E-state index contributed by atoms with van der Waals surface area (Å²) in [4.78, 5) is 32.1. The molecule has 2 aliphatic heterocycles. The highest BCUT2D eigenvalue weighted by Crippen LogP contribution is 2.27. The summed E-state index contributed by atoms with van der Waals surface area (Å²) < 4.78 is 5.97. The molecule has 2 saturated heterocycles. The van der Waals surface area contributed by atoms with Gasteiger partial charge in [-0.2, -0.15) is 0 Å². The number of amides is 3. The Kier molecular flexibility index (Phi) is 5.82. The molecule has 8 nitrogen and oxygen atoms in total. The summed E-state index contributed by atoms with van der Waals surface area (Å²) in [6.45, 7) is 5.37. The van der Waals surface area contributed by atoms with Crippen molar-refractivity contribution in [2.75, 3.05) is 31.5 Å². The van der Waals surface area contributed by atoms with Gasteiger partial charge in [0.05, 0.1) is 6.54 Å². The second-order valence-corrected chi connectivity index (χ2v) is 8.68. The molecule has 3 heterocycles. The summed E-state index contributed by atoms with van der Waals surface area (Å²) in [5.41, 5.74) is 0.485. The molecule has 2 fully saturated rings. The molecule has 2 aliphatic rings. The van der Waals surface area contributed by atoms with E-state index in [-0.39, 0.29) is 18.0 Å². The highest BCUT2D eigenvalue weighted by molar-refractivity contribution is 5.90. The van der Waals surface area contributed by atoms with E-state index in [9.17, 15) is 14.7 Å². The average molecular weight is 425 g/mol. The molecule has 0 bridgehead atoms. The quantitative estimate of drug-likeness (QED) is 0.769. The fourth-order valence-electron chi connectivity index (χ4n) is 3.88. The number of carbonyl (C=O) groups excluding carboxylic acids is 2. The number of ether oxygens (including phenoxy) is 1. The van der Waals surface area contributed by atoms with Crippen molar-refractivity contribution in [2.24, 2.45) is 0 Å². The molecule has 1 atom stereocenters. The van der Waals surface area contributed by atoms with Gasteiger partial charge in [0.25, 0.3) is 5.91 Å². The Labute approximate surface area is 181 Å². The van der Waals surface area contributed by atoms with Crippen LogP contribution in [0.3, 0.4) is 0 Å². The first kappa shape index (κ1) is 21.1. The van der Waals surface area contributed by atoms with Crippen LogP contribution in [0.4, 0.5) is 10.5 Å². The third-order valence-electron chi connectivity index (χ3n) is 5.69. The zero-order chi connectivity index (χ0) is 22.0. The number of aliphatic hydroxyl groups is 1. The number of urea groups is 1. The van der Waals surface area contributed by atoms with Crippen molar-refractivity contribution >= 4 is 17.6 Å². The zero-order valence-corrected chi connectivity index (χ0v) is 17.8. The van der Waals surface area contributed by atoms with Crippen LogP contribution in [0.2, 0.25) is 0 Å². The maximum Gasteiger partial charge on any atom is 0.321 e. The summed E-state index contributed by atoms with van der Waals surface area (Å²) in [5.74, 6) is 0.735. The highest BCUT2D eigenvalue weighted by Gasteiger charge is 2.35. The number of benzene rings is 1. The highest BCUT2D eigenvalue weighted by atomic mass is 16.5. The molecule has 1 aromatic carbocycles. The summed E-state index contributed by atoms with van der Waals surface area (Å²) in [7, 11) is 0. The van der Waals surface area contributed by atoms with Crippen molar-refractivity contribution in [2.45, 2.75) is 37.9 Å². The van der Waals surface area contributed by atoms with Crippen LogP contribution in [0, 0.1) is 0 Å². The molecule has 31 heavy (non-hydrogen) atoms. The Balaban J connectivity index is 1.24. The van der Waals surface area contributed by atoms with Crippen molar-refractivity contribution in [1.29, 1.82) is 0 Å². The van der Waals surface area contributed by atoms with E-state index in [2.05, 4.69) is 10.3 Å². The number of aromatic nitrogens is 1. The van der Waals surface area contributed by atoms with Gasteiger partial charge in [0, 0.05) is 50.1 Å². The van der Waals surface area contributed by atoms with Crippen molar-refractivity contribution in [3.63, 3.8) is 0 Å². The van der Waals surface area contributed by atoms with Gasteiger partial charge in [-0.3, -0.25) is 9.78 Å². The maximum absolute atomic E-state index is 12.4. The lowest BCUT2D eigenvalue weighted by molar-refractivity contribution is -0.146. The molecule has 2 aromatic rings. The van der Waals surface area contributed by atoms with Crippen LogP contribution in [0.1, 0.15) is 31.7 Å². The molecule has 8 heteroatoms. The number of pyridine rings is 1. The number of likely N-dealkylation sites (tertiary alicyclic amines) is 2. The van der Waals surface area contributed by atoms with Crippen LogP contribution in [-0.4, -0.2) is 69.7 Å². The monoisotopic (exact) mass is 424 g/mol. The lowest BCUT2D eigenvalue weighted by Crippen LogP contribution is -2.50. The van der Waals surface area contributed by atoms with Crippen molar-refractivity contribution in [3.05, 3.63) is 54.4 Å². The molecule has 0 saturated carbocycles. The molecule has 2 N–H and O–H groups in total. The van der Waals surface area contributed by atoms with Crippen molar-refractivity contribution in [1.82, 2.24) is 14.8 Å². The normalized spacial score (nSPS) is 19.1. The Bertz CT molecular complexity index is 921. The molecule has 0 unspecified atom stereocenters. The van der Waals surface area contributed by atoms with E-state index in [1.165, 1.54) is 13.8 Å². The molecule has 1 aromatic heterocycles. The number of anilines is 1. The average Bonchev–Trinajstić information content (AvgIpc) is 3.16. The number of nitrogens with one attached hydrogen (secondary N) is 1. The lowest BCUT2D eigenvalue weighted by atomic mass is 9.93. The molecule has 0 radical (unpaired) electrons. The first-order chi connectivity index (χ1) is 14.8. The Morgan fingerprint density at radius 2 is 1.87 bits per heavy atom. The van der Waals surface area contributed by atoms with E-state index < -0.39 is 5.60 Å². The van der Waals surface area contributed by atoms with Crippen LogP contribution in [-0.2, 0) is 4.79 Å². The molecular weight excluding hydrogens is 396 g/mol. The molecule has 164 valence electrons. The number of nitrogens with zero attached hydrogens (tertiary/aromatic N) is 3. The van der Waals surface area contributed by atoms with Gasteiger partial charge in [-0.25, -0.2) is 4.79 Å². The van der Waals surface area contributed by atoms with Crippen molar-refractivity contribution < 1.29 is 19.4 Å². The van der Waals surface area contributed by atoms with Crippen LogP contribution in [0.5, 0.6) is 5.75 Å². The van der Waals surface area contributed by atoms with Gasteiger partial charge in [-0.15, -0.1) is 0 Å². The Morgan fingerprint density at radius 1 is 1.13 bits per heavy atom. The molecule has 3 amide bonds. The van der Waals surface area contributed by atoms with Gasteiger partial charge in [-0.05, 0) is 49.7 Å². The predicted octanol–water partition coefficient (Wildman–Crippen LogP) is 2.46. The number of rotatable bonds is 5. The molecular formula is C23H28N4O4. The zero-order valence-electron chi connectivity index (χ0n) is 17.8. The third kappa shape index (κ3) is 4.96. The smallest absolute Gasteiger partial charge is 0.321 e. The standard InChI is InChI=1S/C23H28N4O4/c1-23(2,30)21(28)26-11-9-20(15-26)31-19-7-5-18(6-8-19)25-22(29)27-13-17(14-27)16-4-3-10-24-12-16/h3-8,10,12,17,20,30H,9,11,13-15H2,1-2H3,(H,25,29)/t20-/m0/s1. The van der Waals surface area contributed by atoms with Gasteiger partial charge in [0.2, 0.25) is 0 Å². The van der Waals surface area contributed by atoms with Crippen molar-refractivity contribution in [3.8, 4) is 5.75 Å². The molecule has 0 spiro atoms. The van der Waals surface area contributed by atoms with Crippen LogP contribution >= 0.6 is 0 Å². The van der Waals surface area contributed by atoms with E-state index in [4.69, 9.17) is 4.74 Å². The minimum atomic E-state index is -1.37. The summed E-state index contributed by atoms with van der Waals surface area (Å²) >= 11 is 0. The van der Waals surface area contributed by atoms with Gasteiger partial charge in [0.1, 0.15) is 17.5 Å². The maximum atomic E-state index is 12.4. The second kappa shape index (κ2) is 8.55. The van der Waals surface area contributed by atoms with E-state index >= 15 is 0 Å². The fourth-order valence-corrected chi connectivity index (χ4v) is 3.88. The van der Waals surface area contributed by atoms with Gasteiger partial charge < -0.3 is 25.0 Å². The summed E-state index contributed by atoms with van der Waals surface area (Å²) in [6, 6.07) is 11.1. The second-order valence-electron chi connectivity index (χ2n) is 8.68. The topological polar surface area (TPSA) is 95.0 Å². The van der Waals surface area contributed by atoms with Gasteiger partial charge in [-0.1, -0.05) is 6.07 Å². The van der Waals surface area contributed by atoms with E-state index in [0.717, 1.165) is 5.56 Å². The van der Waals surface area contributed by atoms with Crippen LogP contribution < -0.4 is 10.1 Å². The fraction of sp³-hybridized carbons (Fsp3) is 0.435. The van der Waals surface area contributed by atoms with E-state index in [0.29, 0.717) is 50.0 Å². The molecule has 0 aliphatic carbocycles. The largest absolute Gasteiger partial charge is 0.489 e. The first-order valence-electron chi connectivity index (χ1n) is 10.5. The SMILES string of the molecule is CC(C)(O)C(=O)N1CC[C@H](Oc2ccc(NC(=O)N3CC(c4cccnc4)C3)cc2)C1. The van der Waals surface area contributed by atoms with Gasteiger partial charge in [0.15, 0.2) is 0 Å². The Hall–Kier alpha value is -3.13. The number of carbonyl (C=O) groups is 2. The number of hydrogen-bond acceptors (Lipinski definition) is 5. The third-order valence-corrected chi connectivity index (χ3v) is 5.69. The lowest BCUT2D eigenvalue weighted by Gasteiger charge is -2.39. The predicted molar refractivity (Wildman–Crippen MR) is 116 cm³/mol. The minimum Gasteiger partial charge on any atom is -0.489 e. The van der Waals surface area contributed by atoms with Crippen LogP contribution in [0.15, 0.2) is 48.8 Å². The minimum absolute atomic E-state index is 0.114.